The van der Waals surface area contributed by atoms with E-state index in [0.717, 1.165) is 22.6 Å². The van der Waals surface area contributed by atoms with E-state index in [1.165, 1.54) is 0 Å². The Balaban J connectivity index is 2.20. The molecule has 27 heavy (non-hydrogen) atoms. The third-order valence-electron chi connectivity index (χ3n) is 5.56. The Hall–Kier alpha value is -1.04. The molecule has 1 aromatic carbocycles. The van der Waals surface area contributed by atoms with Gasteiger partial charge in [0.05, 0.1) is 6.04 Å². The van der Waals surface area contributed by atoms with Crippen LogP contribution in [0.4, 0.5) is 4.79 Å². The number of amides is 1. The molecule has 0 radical (unpaired) electrons. The van der Waals surface area contributed by atoms with Crippen LogP contribution in [0.5, 0.6) is 0 Å². The Morgan fingerprint density at radius 1 is 1.22 bits per heavy atom. The summed E-state index contributed by atoms with van der Waals surface area (Å²) < 4.78 is 11.9. The van der Waals surface area contributed by atoms with E-state index in [1.54, 1.807) is 0 Å². The fourth-order valence-corrected chi connectivity index (χ4v) is 4.36. The molecule has 1 aliphatic carbocycles. The average molecular weight is 412 g/mol. The van der Waals surface area contributed by atoms with E-state index in [4.69, 9.17) is 20.8 Å². The number of alkyl carbamates (subject to hydrolysis) is 1. The summed E-state index contributed by atoms with van der Waals surface area (Å²) in [5.41, 5.74) is 1.63. The minimum Gasteiger partial charge on any atom is -0.444 e. The minimum atomic E-state index is -1.87. The summed E-state index contributed by atoms with van der Waals surface area (Å²) in [6.07, 6.45) is 0.391. The van der Waals surface area contributed by atoms with Gasteiger partial charge in [-0.05, 0) is 62.5 Å². The van der Waals surface area contributed by atoms with Crippen molar-refractivity contribution in [1.82, 2.24) is 5.32 Å². The highest BCUT2D eigenvalue weighted by molar-refractivity contribution is 6.74. The van der Waals surface area contributed by atoms with Gasteiger partial charge in [0.15, 0.2) is 8.32 Å². The molecule has 4 nitrogen and oxygen atoms in total. The van der Waals surface area contributed by atoms with E-state index in [0.29, 0.717) is 6.61 Å². The topological polar surface area (TPSA) is 47.6 Å². The molecule has 0 saturated heterocycles. The zero-order valence-electron chi connectivity index (χ0n) is 17.9. The molecule has 0 heterocycles. The number of hydrogen-bond donors (Lipinski definition) is 1. The Morgan fingerprint density at radius 3 is 2.41 bits per heavy atom. The standard InChI is InChI=1S/C21H34ClNO3Si/c1-20(2,3)26-19(24)23-18-14(13-25-27(7,8)21(4,5)6)12-16-15(18)10-9-11-17(16)22/h9-11,14,18H,12-13H2,1-8H3,(H,23,24)/t14-,18-/m0/s1. The normalized spacial score (nSPS) is 20.3. The third kappa shape index (κ3) is 5.49. The number of halogens is 1. The second-order valence-electron chi connectivity index (χ2n) is 9.97. The maximum absolute atomic E-state index is 12.4. The van der Waals surface area contributed by atoms with Crippen LogP contribution in [0, 0.1) is 5.92 Å². The molecule has 0 aromatic heterocycles. The minimum absolute atomic E-state index is 0.140. The van der Waals surface area contributed by atoms with Crippen LogP contribution >= 0.6 is 11.6 Å². The second kappa shape index (κ2) is 7.76. The van der Waals surface area contributed by atoms with E-state index in [-0.39, 0.29) is 17.0 Å². The van der Waals surface area contributed by atoms with Crippen molar-refractivity contribution in [3.05, 3.63) is 34.3 Å². The van der Waals surface area contributed by atoms with Crippen molar-refractivity contribution in [3.8, 4) is 0 Å². The van der Waals surface area contributed by atoms with E-state index in [2.05, 4.69) is 39.2 Å². The molecule has 0 spiro atoms. The summed E-state index contributed by atoms with van der Waals surface area (Å²) in [5, 5.41) is 3.95. The number of carbonyl (C=O) groups is 1. The van der Waals surface area contributed by atoms with E-state index in [9.17, 15) is 4.79 Å². The van der Waals surface area contributed by atoms with Gasteiger partial charge in [0.2, 0.25) is 0 Å². The number of fused-ring (bicyclic) bond motifs is 1. The summed E-state index contributed by atoms with van der Waals surface area (Å²) in [6.45, 7) is 17.4. The number of rotatable bonds is 4. The summed E-state index contributed by atoms with van der Waals surface area (Å²) in [5.74, 6) is 0.140. The zero-order chi connectivity index (χ0) is 20.6. The summed E-state index contributed by atoms with van der Waals surface area (Å²) in [7, 11) is -1.87. The third-order valence-corrected chi connectivity index (χ3v) is 10.4. The number of carbonyl (C=O) groups excluding carboxylic acids is 1. The molecule has 0 bridgehead atoms. The van der Waals surface area contributed by atoms with Crippen LogP contribution in [-0.2, 0) is 15.6 Å². The number of hydrogen-bond acceptors (Lipinski definition) is 3. The molecule has 1 N–H and O–H groups in total. The zero-order valence-corrected chi connectivity index (χ0v) is 19.7. The maximum atomic E-state index is 12.4. The average Bonchev–Trinajstić information content (AvgIpc) is 2.82. The van der Waals surface area contributed by atoms with Gasteiger partial charge in [0.25, 0.3) is 0 Å². The molecule has 1 amide bonds. The van der Waals surface area contributed by atoms with Crippen LogP contribution < -0.4 is 5.32 Å². The number of benzene rings is 1. The fraction of sp³-hybridized carbons (Fsp3) is 0.667. The van der Waals surface area contributed by atoms with Gasteiger partial charge in [-0.2, -0.15) is 0 Å². The van der Waals surface area contributed by atoms with Crippen molar-refractivity contribution in [3.63, 3.8) is 0 Å². The highest BCUT2D eigenvalue weighted by Crippen LogP contribution is 2.42. The van der Waals surface area contributed by atoms with Gasteiger partial charge in [0.1, 0.15) is 5.60 Å². The first kappa shape index (κ1) is 22.2. The van der Waals surface area contributed by atoms with Crippen LogP contribution in [0.25, 0.3) is 0 Å². The predicted molar refractivity (Wildman–Crippen MR) is 114 cm³/mol. The fourth-order valence-electron chi connectivity index (χ4n) is 3.03. The highest BCUT2D eigenvalue weighted by atomic mass is 35.5. The van der Waals surface area contributed by atoms with Crippen LogP contribution in [-0.4, -0.2) is 26.6 Å². The van der Waals surface area contributed by atoms with Gasteiger partial charge >= 0.3 is 6.09 Å². The summed E-state index contributed by atoms with van der Waals surface area (Å²) >= 11 is 6.43. The molecule has 0 unspecified atom stereocenters. The molecule has 2 rings (SSSR count). The number of ether oxygens (including phenoxy) is 1. The lowest BCUT2D eigenvalue weighted by Gasteiger charge is -2.37. The van der Waals surface area contributed by atoms with Gasteiger partial charge in [-0.1, -0.05) is 44.5 Å². The van der Waals surface area contributed by atoms with Gasteiger partial charge < -0.3 is 14.5 Å². The van der Waals surface area contributed by atoms with Crippen LogP contribution in [0.3, 0.4) is 0 Å². The van der Waals surface area contributed by atoms with Gasteiger partial charge in [-0.15, -0.1) is 0 Å². The molecule has 2 atom stereocenters. The lowest BCUT2D eigenvalue weighted by Crippen LogP contribution is -2.43. The molecule has 6 heteroatoms. The van der Waals surface area contributed by atoms with Crippen LogP contribution in [0.2, 0.25) is 23.2 Å². The van der Waals surface area contributed by atoms with Crippen molar-refractivity contribution < 1.29 is 14.0 Å². The first-order valence-electron chi connectivity index (χ1n) is 9.62. The highest BCUT2D eigenvalue weighted by Gasteiger charge is 2.41. The first-order valence-corrected chi connectivity index (χ1v) is 12.9. The van der Waals surface area contributed by atoms with Crippen LogP contribution in [0.1, 0.15) is 58.7 Å². The van der Waals surface area contributed by atoms with Crippen LogP contribution in [0.15, 0.2) is 18.2 Å². The summed E-state index contributed by atoms with van der Waals surface area (Å²) in [4.78, 5) is 12.4. The Kier molecular flexibility index (Phi) is 6.40. The molecular weight excluding hydrogens is 378 g/mol. The molecule has 1 aromatic rings. The Morgan fingerprint density at radius 2 is 1.85 bits per heavy atom. The monoisotopic (exact) mass is 411 g/mol. The molecule has 0 aliphatic heterocycles. The van der Waals surface area contributed by atoms with Gasteiger partial charge in [-0.3, -0.25) is 0 Å². The first-order chi connectivity index (χ1) is 12.2. The quantitative estimate of drug-likeness (QED) is 0.609. The van der Waals surface area contributed by atoms with Crippen molar-refractivity contribution >= 4 is 26.0 Å². The van der Waals surface area contributed by atoms with Gasteiger partial charge in [0, 0.05) is 17.5 Å². The van der Waals surface area contributed by atoms with E-state index < -0.39 is 20.0 Å². The maximum Gasteiger partial charge on any atom is 0.408 e. The predicted octanol–water partition coefficient (Wildman–Crippen LogP) is 6.10. The Bertz CT molecular complexity index is 692. The Labute approximate surface area is 170 Å². The molecule has 1 aliphatic rings. The SMILES string of the molecule is CC(C)(C)OC(=O)N[C@@H]1c2cccc(Cl)c2C[C@H]1CO[Si](C)(C)C(C)(C)C. The van der Waals surface area contributed by atoms with Gasteiger partial charge in [-0.25, -0.2) is 4.79 Å². The van der Waals surface area contributed by atoms with Crippen molar-refractivity contribution in [1.29, 1.82) is 0 Å². The molecule has 0 fully saturated rings. The van der Waals surface area contributed by atoms with Crippen molar-refractivity contribution in [2.24, 2.45) is 5.92 Å². The molecular formula is C21H34ClNO3Si. The van der Waals surface area contributed by atoms with E-state index >= 15 is 0 Å². The summed E-state index contributed by atoms with van der Waals surface area (Å²) in [6, 6.07) is 5.72. The smallest absolute Gasteiger partial charge is 0.408 e. The van der Waals surface area contributed by atoms with Crippen molar-refractivity contribution in [2.45, 2.75) is 77.7 Å². The van der Waals surface area contributed by atoms with Crippen molar-refractivity contribution in [2.75, 3.05) is 6.61 Å². The largest absolute Gasteiger partial charge is 0.444 e. The lowest BCUT2D eigenvalue weighted by molar-refractivity contribution is 0.0478. The number of nitrogens with one attached hydrogen (secondary N) is 1. The van der Waals surface area contributed by atoms with E-state index in [1.807, 2.05) is 39.0 Å². The molecule has 0 saturated carbocycles. The lowest BCUT2D eigenvalue weighted by atomic mass is 10.0. The second-order valence-corrected chi connectivity index (χ2v) is 15.2. The molecule has 152 valence electrons.